The van der Waals surface area contributed by atoms with Crippen molar-refractivity contribution in [3.05, 3.63) is 0 Å². The van der Waals surface area contributed by atoms with Crippen LogP contribution >= 0.6 is 0 Å². The summed E-state index contributed by atoms with van der Waals surface area (Å²) in [6.45, 7) is -2.43. The summed E-state index contributed by atoms with van der Waals surface area (Å²) in [5.74, 6) is 0. The molecule has 0 saturated carbocycles. The Balaban J connectivity index is 2.11. The summed E-state index contributed by atoms with van der Waals surface area (Å²) in [4.78, 5) is 0. The van der Waals surface area contributed by atoms with E-state index in [0.717, 1.165) is 0 Å². The van der Waals surface area contributed by atoms with E-state index in [-0.39, 0.29) is 0 Å². The van der Waals surface area contributed by atoms with Gasteiger partial charge >= 0.3 is 0 Å². The van der Waals surface area contributed by atoms with Crippen molar-refractivity contribution in [1.82, 2.24) is 0 Å². The molecule has 2 aliphatic rings. The first-order valence-electron chi connectivity index (χ1n) is 8.74. The largest absolute Gasteiger partial charge is 0.394 e. The van der Waals surface area contributed by atoms with Gasteiger partial charge in [-0.15, -0.1) is 0 Å². The molecule has 2 rings (SSSR count). The number of hydrogen-bond donors (Lipinski definition) is 9. The molecule has 9 N–H and O–H groups in total. The quantitative estimate of drug-likeness (QED) is 0.180. The van der Waals surface area contributed by atoms with Crippen LogP contribution in [0.2, 0.25) is 0 Å². The summed E-state index contributed by atoms with van der Waals surface area (Å²) in [7, 11) is 0. The summed E-state index contributed by atoms with van der Waals surface area (Å²) < 4.78 is 20.9. The molecule has 13 nitrogen and oxygen atoms in total. The number of hydrogen-bond acceptors (Lipinski definition) is 13. The van der Waals surface area contributed by atoms with E-state index in [9.17, 15) is 40.9 Å². The van der Waals surface area contributed by atoms with Gasteiger partial charge in [0.15, 0.2) is 12.6 Å². The lowest BCUT2D eigenvalue weighted by atomic mass is 9.97. The molecule has 0 spiro atoms. The number of aliphatic hydroxyl groups is 9. The van der Waals surface area contributed by atoms with E-state index in [4.69, 9.17) is 24.1 Å². The third-order valence-electron chi connectivity index (χ3n) is 4.63. The fraction of sp³-hybridized carbons (Fsp3) is 1.00. The molecular weight excluding hydrogens is 388 g/mol. The Morgan fingerprint density at radius 2 is 1.29 bits per heavy atom. The zero-order valence-corrected chi connectivity index (χ0v) is 14.8. The lowest BCUT2D eigenvalue weighted by molar-refractivity contribution is -0.361. The Bertz CT molecular complexity index is 465. The first kappa shape index (κ1) is 23.8. The van der Waals surface area contributed by atoms with Gasteiger partial charge in [0.25, 0.3) is 0 Å². The van der Waals surface area contributed by atoms with Gasteiger partial charge in [0.1, 0.15) is 54.9 Å². The van der Waals surface area contributed by atoms with Crippen LogP contribution in [0.15, 0.2) is 0 Å². The maximum absolute atomic E-state index is 10.4. The molecule has 2 heterocycles. The maximum atomic E-state index is 10.4. The van der Waals surface area contributed by atoms with Crippen LogP contribution in [0.4, 0.5) is 0 Å². The van der Waals surface area contributed by atoms with Gasteiger partial charge in [-0.05, 0) is 0 Å². The average molecular weight is 416 g/mol. The fourth-order valence-corrected chi connectivity index (χ4v) is 2.94. The van der Waals surface area contributed by atoms with Crippen LogP contribution in [-0.4, -0.2) is 140 Å². The molecular formula is C15H28O13. The lowest BCUT2D eigenvalue weighted by Crippen LogP contribution is -2.65. The average Bonchev–Trinajstić information content (AvgIpc) is 2.70. The Labute approximate surface area is 159 Å². The van der Waals surface area contributed by atoms with Crippen molar-refractivity contribution in [2.45, 2.75) is 67.5 Å². The van der Waals surface area contributed by atoms with E-state index in [1.165, 1.54) is 0 Å². The number of ether oxygens (including phenoxy) is 4. The van der Waals surface area contributed by atoms with E-state index in [1.54, 1.807) is 0 Å². The summed E-state index contributed by atoms with van der Waals surface area (Å²) in [5.41, 5.74) is 0. The highest BCUT2D eigenvalue weighted by atomic mass is 16.7. The normalized spacial score (nSPS) is 45.8. The lowest BCUT2D eigenvalue weighted by Gasteiger charge is -2.46. The second kappa shape index (κ2) is 10.5. The molecule has 2 saturated heterocycles. The minimum Gasteiger partial charge on any atom is -0.394 e. The molecule has 0 radical (unpaired) electrons. The smallest absolute Gasteiger partial charge is 0.187 e. The van der Waals surface area contributed by atoms with Crippen molar-refractivity contribution < 1.29 is 64.9 Å². The van der Waals surface area contributed by atoms with Crippen molar-refractivity contribution in [1.29, 1.82) is 0 Å². The highest BCUT2D eigenvalue weighted by Gasteiger charge is 2.50. The fourth-order valence-electron chi connectivity index (χ4n) is 2.94. The second-order valence-electron chi connectivity index (χ2n) is 6.67. The van der Waals surface area contributed by atoms with Crippen LogP contribution in [0.5, 0.6) is 0 Å². The van der Waals surface area contributed by atoms with E-state index >= 15 is 0 Å². The van der Waals surface area contributed by atoms with Crippen LogP contribution in [0.3, 0.4) is 0 Å². The predicted octanol–water partition coefficient (Wildman–Crippen LogP) is -6.02. The summed E-state index contributed by atoms with van der Waals surface area (Å²) in [6.07, 6.45) is -16.9. The van der Waals surface area contributed by atoms with Gasteiger partial charge in [-0.25, -0.2) is 0 Å². The van der Waals surface area contributed by atoms with Gasteiger partial charge in [-0.1, -0.05) is 0 Å². The maximum Gasteiger partial charge on any atom is 0.187 e. The van der Waals surface area contributed by atoms with Crippen molar-refractivity contribution >= 4 is 0 Å². The standard InChI is InChI=1S/C15H28O13/c16-1-5(19)4-25-14-12(24)13(9(21)7(3-18)26-14)28-15-11(23)10(22)8(20)6(2-17)27-15/h5-24H,1-4H2/t5?,6-,7-,8-,9-,10+,11-,12-,13+,14-,15-/m1/s1. The molecule has 28 heavy (non-hydrogen) atoms. The van der Waals surface area contributed by atoms with Crippen molar-refractivity contribution in [3.8, 4) is 0 Å². The summed E-state index contributed by atoms with van der Waals surface area (Å²) in [5, 5.41) is 87.1. The SMILES string of the molecule is OCC(O)CO[C@@H]1O[C@H](CO)[C@@H](O)[C@H](O[C@H]2O[C@H](CO)[C@@H](O)[C@H](O)[C@H]2O)[C@H]1O. The molecule has 1 unspecified atom stereocenters. The van der Waals surface area contributed by atoms with Crippen LogP contribution in [0.1, 0.15) is 0 Å². The molecule has 0 aromatic heterocycles. The molecule has 2 fully saturated rings. The van der Waals surface area contributed by atoms with Crippen LogP contribution in [0, 0.1) is 0 Å². The van der Waals surface area contributed by atoms with Crippen molar-refractivity contribution in [2.24, 2.45) is 0 Å². The summed E-state index contributed by atoms with van der Waals surface area (Å²) >= 11 is 0. The van der Waals surface area contributed by atoms with Crippen molar-refractivity contribution in [3.63, 3.8) is 0 Å². The minimum absolute atomic E-state index is 0.431. The first-order valence-corrected chi connectivity index (χ1v) is 8.74. The van der Waals surface area contributed by atoms with Crippen LogP contribution in [-0.2, 0) is 18.9 Å². The van der Waals surface area contributed by atoms with Gasteiger partial charge < -0.3 is 64.9 Å². The van der Waals surface area contributed by atoms with E-state index < -0.39 is 93.9 Å². The third kappa shape index (κ3) is 5.14. The number of aliphatic hydroxyl groups excluding tert-OH is 9. The minimum atomic E-state index is -1.77. The molecule has 0 aromatic carbocycles. The molecule has 0 bridgehead atoms. The molecule has 0 aliphatic carbocycles. The first-order chi connectivity index (χ1) is 13.2. The highest BCUT2D eigenvalue weighted by Crippen LogP contribution is 2.29. The topological polar surface area (TPSA) is 219 Å². The highest BCUT2D eigenvalue weighted by molar-refractivity contribution is 4.94. The molecule has 0 amide bonds. The van der Waals surface area contributed by atoms with Gasteiger partial charge in [0, 0.05) is 0 Å². The Kier molecular flexibility index (Phi) is 8.90. The van der Waals surface area contributed by atoms with E-state index in [2.05, 4.69) is 0 Å². The Morgan fingerprint density at radius 3 is 1.86 bits per heavy atom. The van der Waals surface area contributed by atoms with E-state index in [1.807, 2.05) is 0 Å². The van der Waals surface area contributed by atoms with E-state index in [0.29, 0.717) is 0 Å². The predicted molar refractivity (Wildman–Crippen MR) is 85.4 cm³/mol. The second-order valence-corrected chi connectivity index (χ2v) is 6.67. The molecule has 11 atom stereocenters. The Hall–Kier alpha value is -0.520. The van der Waals surface area contributed by atoms with Crippen LogP contribution < -0.4 is 0 Å². The molecule has 0 aromatic rings. The monoisotopic (exact) mass is 416 g/mol. The zero-order valence-electron chi connectivity index (χ0n) is 14.8. The molecule has 166 valence electrons. The summed E-state index contributed by atoms with van der Waals surface area (Å²) in [6, 6.07) is 0. The van der Waals surface area contributed by atoms with Gasteiger partial charge in [-0.2, -0.15) is 0 Å². The van der Waals surface area contributed by atoms with Gasteiger partial charge in [0.2, 0.25) is 0 Å². The Morgan fingerprint density at radius 1 is 0.714 bits per heavy atom. The molecule has 2 aliphatic heterocycles. The van der Waals surface area contributed by atoms with Gasteiger partial charge in [0.05, 0.1) is 26.4 Å². The molecule has 13 heteroatoms. The number of rotatable bonds is 8. The zero-order chi connectivity index (χ0) is 21.0. The van der Waals surface area contributed by atoms with Gasteiger partial charge in [-0.3, -0.25) is 0 Å². The van der Waals surface area contributed by atoms with Crippen molar-refractivity contribution in [2.75, 3.05) is 26.4 Å². The van der Waals surface area contributed by atoms with Crippen LogP contribution in [0.25, 0.3) is 0 Å². The third-order valence-corrected chi connectivity index (χ3v) is 4.63.